The van der Waals surface area contributed by atoms with Crippen molar-refractivity contribution >= 4 is 34.7 Å². The van der Waals surface area contributed by atoms with E-state index in [0.717, 1.165) is 5.75 Å². The SMILES string of the molecule is CCC(C)c1ccc(C(Cl)c2cc3c(s2)CCSC3)cc1. The first-order chi connectivity index (χ1) is 10.2. The van der Waals surface area contributed by atoms with Crippen LogP contribution in [0, 0.1) is 0 Å². The molecule has 2 aromatic rings. The molecule has 0 saturated heterocycles. The van der Waals surface area contributed by atoms with E-state index in [4.69, 9.17) is 11.6 Å². The Morgan fingerprint density at radius 1 is 1.19 bits per heavy atom. The second kappa shape index (κ2) is 6.76. The van der Waals surface area contributed by atoms with Crippen LogP contribution in [-0.2, 0) is 12.2 Å². The Labute approximate surface area is 140 Å². The van der Waals surface area contributed by atoms with Crippen molar-refractivity contribution in [2.45, 2.75) is 43.7 Å². The smallest absolute Gasteiger partial charge is 0.0927 e. The van der Waals surface area contributed by atoms with Crippen LogP contribution in [0.15, 0.2) is 30.3 Å². The second-order valence-corrected chi connectivity index (χ2v) is 8.45. The molecule has 1 aromatic carbocycles. The number of thioether (sulfide) groups is 1. The fourth-order valence-corrected chi connectivity index (χ4v) is 5.41. The molecule has 0 spiro atoms. The Morgan fingerprint density at radius 2 is 1.90 bits per heavy atom. The summed E-state index contributed by atoms with van der Waals surface area (Å²) in [6.07, 6.45) is 2.39. The number of thiophene rings is 1. The van der Waals surface area contributed by atoms with Crippen molar-refractivity contribution in [3.8, 4) is 0 Å². The van der Waals surface area contributed by atoms with Gasteiger partial charge >= 0.3 is 0 Å². The molecule has 21 heavy (non-hydrogen) atoms. The predicted molar refractivity (Wildman–Crippen MR) is 97.0 cm³/mol. The molecule has 0 aliphatic carbocycles. The van der Waals surface area contributed by atoms with Crippen LogP contribution in [0.4, 0.5) is 0 Å². The summed E-state index contributed by atoms with van der Waals surface area (Å²) < 4.78 is 0. The summed E-state index contributed by atoms with van der Waals surface area (Å²) >= 11 is 10.7. The number of benzene rings is 1. The zero-order chi connectivity index (χ0) is 14.8. The van der Waals surface area contributed by atoms with Crippen molar-refractivity contribution in [3.63, 3.8) is 0 Å². The van der Waals surface area contributed by atoms with Crippen molar-refractivity contribution in [2.75, 3.05) is 5.75 Å². The minimum absolute atomic E-state index is 0.00316. The number of fused-ring (bicyclic) bond motifs is 1. The highest BCUT2D eigenvalue weighted by Gasteiger charge is 2.19. The normalized spacial score (nSPS) is 17.3. The molecule has 1 aliphatic rings. The maximum atomic E-state index is 6.72. The largest absolute Gasteiger partial charge is 0.157 e. The van der Waals surface area contributed by atoms with Gasteiger partial charge in [0.1, 0.15) is 0 Å². The standard InChI is InChI=1S/C18H21ClS2/c1-3-12(2)13-4-6-14(7-5-13)18(19)17-10-15-11-20-9-8-16(15)21-17/h4-7,10,12,18H,3,8-9,11H2,1-2H3. The summed E-state index contributed by atoms with van der Waals surface area (Å²) in [6, 6.07) is 11.2. The molecule has 3 rings (SSSR count). The van der Waals surface area contributed by atoms with E-state index < -0.39 is 0 Å². The van der Waals surface area contributed by atoms with E-state index in [1.165, 1.54) is 40.2 Å². The summed E-state index contributed by atoms with van der Waals surface area (Å²) in [6.45, 7) is 4.51. The molecule has 112 valence electrons. The maximum absolute atomic E-state index is 6.72. The van der Waals surface area contributed by atoms with Crippen molar-refractivity contribution < 1.29 is 0 Å². The van der Waals surface area contributed by atoms with Gasteiger partial charge in [-0.05, 0) is 47.3 Å². The number of hydrogen-bond donors (Lipinski definition) is 0. The molecule has 2 atom stereocenters. The number of hydrogen-bond acceptors (Lipinski definition) is 2. The van der Waals surface area contributed by atoms with Gasteiger partial charge in [-0.3, -0.25) is 0 Å². The molecule has 0 N–H and O–H groups in total. The summed E-state index contributed by atoms with van der Waals surface area (Å²) in [7, 11) is 0. The lowest BCUT2D eigenvalue weighted by molar-refractivity contribution is 0.733. The highest BCUT2D eigenvalue weighted by atomic mass is 35.5. The van der Waals surface area contributed by atoms with Crippen LogP contribution in [0.5, 0.6) is 0 Å². The third kappa shape index (κ3) is 3.33. The van der Waals surface area contributed by atoms with Gasteiger partial charge in [-0.2, -0.15) is 11.8 Å². The van der Waals surface area contributed by atoms with Gasteiger partial charge in [0.25, 0.3) is 0 Å². The van der Waals surface area contributed by atoms with Gasteiger partial charge in [0.2, 0.25) is 0 Å². The number of alkyl halides is 1. The van der Waals surface area contributed by atoms with Crippen molar-refractivity contribution in [1.82, 2.24) is 0 Å². The van der Waals surface area contributed by atoms with Crippen LogP contribution in [-0.4, -0.2) is 5.75 Å². The van der Waals surface area contributed by atoms with Gasteiger partial charge in [-0.25, -0.2) is 0 Å². The van der Waals surface area contributed by atoms with Gasteiger partial charge in [-0.15, -0.1) is 22.9 Å². The van der Waals surface area contributed by atoms with Crippen molar-refractivity contribution in [3.05, 3.63) is 56.8 Å². The van der Waals surface area contributed by atoms with E-state index >= 15 is 0 Å². The number of halogens is 1. The van der Waals surface area contributed by atoms with Crippen molar-refractivity contribution in [1.29, 1.82) is 0 Å². The first kappa shape index (κ1) is 15.5. The summed E-state index contributed by atoms with van der Waals surface area (Å²) in [5.74, 6) is 3.03. The quantitative estimate of drug-likeness (QED) is 0.584. The van der Waals surface area contributed by atoms with E-state index in [2.05, 4.69) is 44.2 Å². The summed E-state index contributed by atoms with van der Waals surface area (Å²) in [5, 5.41) is -0.00316. The molecule has 2 heterocycles. The van der Waals surface area contributed by atoms with Gasteiger partial charge in [-0.1, -0.05) is 38.1 Å². The fourth-order valence-electron chi connectivity index (χ4n) is 2.69. The summed E-state index contributed by atoms with van der Waals surface area (Å²) in [4.78, 5) is 2.85. The van der Waals surface area contributed by atoms with Crippen LogP contribution < -0.4 is 0 Å². The molecular weight excluding hydrogens is 316 g/mol. The molecule has 3 heteroatoms. The zero-order valence-corrected chi connectivity index (χ0v) is 15.0. The van der Waals surface area contributed by atoms with Crippen LogP contribution in [0.2, 0.25) is 0 Å². The molecule has 0 fully saturated rings. The third-order valence-electron chi connectivity index (χ3n) is 4.31. The zero-order valence-electron chi connectivity index (χ0n) is 12.6. The van der Waals surface area contributed by atoms with E-state index in [1.807, 2.05) is 23.1 Å². The Balaban J connectivity index is 1.81. The monoisotopic (exact) mass is 336 g/mol. The predicted octanol–water partition coefficient (Wildman–Crippen LogP) is 6.38. The molecule has 0 bridgehead atoms. The number of rotatable bonds is 4. The molecule has 0 radical (unpaired) electrons. The highest BCUT2D eigenvalue weighted by molar-refractivity contribution is 7.98. The van der Waals surface area contributed by atoms with E-state index in [9.17, 15) is 0 Å². The van der Waals surface area contributed by atoms with Crippen LogP contribution in [0.25, 0.3) is 0 Å². The van der Waals surface area contributed by atoms with E-state index in [1.54, 1.807) is 4.88 Å². The first-order valence-electron chi connectivity index (χ1n) is 7.62. The molecular formula is C18H21ClS2. The molecule has 1 aromatic heterocycles. The van der Waals surface area contributed by atoms with Gasteiger partial charge in [0, 0.05) is 15.5 Å². The molecule has 1 aliphatic heterocycles. The average Bonchev–Trinajstić information content (AvgIpc) is 2.97. The average molecular weight is 337 g/mol. The molecule has 0 nitrogen and oxygen atoms in total. The summed E-state index contributed by atoms with van der Waals surface area (Å²) in [5.41, 5.74) is 4.13. The van der Waals surface area contributed by atoms with E-state index in [0.29, 0.717) is 5.92 Å². The third-order valence-corrected chi connectivity index (χ3v) is 7.23. The lowest BCUT2D eigenvalue weighted by Gasteiger charge is -2.12. The van der Waals surface area contributed by atoms with Crippen LogP contribution in [0.1, 0.15) is 58.0 Å². The van der Waals surface area contributed by atoms with Gasteiger partial charge in [0.05, 0.1) is 5.38 Å². The molecule has 2 unspecified atom stereocenters. The van der Waals surface area contributed by atoms with Crippen LogP contribution >= 0.6 is 34.7 Å². The Kier molecular flexibility index (Phi) is 4.98. The lowest BCUT2D eigenvalue weighted by Crippen LogP contribution is -1.96. The highest BCUT2D eigenvalue weighted by Crippen LogP contribution is 2.39. The van der Waals surface area contributed by atoms with Gasteiger partial charge < -0.3 is 0 Å². The number of aryl methyl sites for hydroxylation is 1. The lowest BCUT2D eigenvalue weighted by atomic mass is 9.97. The molecule has 0 amide bonds. The van der Waals surface area contributed by atoms with Gasteiger partial charge in [0.15, 0.2) is 0 Å². The minimum atomic E-state index is -0.00316. The Hall–Kier alpha value is -0.440. The fraction of sp³-hybridized carbons (Fsp3) is 0.444. The Morgan fingerprint density at radius 3 is 2.57 bits per heavy atom. The first-order valence-corrected chi connectivity index (χ1v) is 10.0. The van der Waals surface area contributed by atoms with E-state index in [-0.39, 0.29) is 5.38 Å². The Bertz CT molecular complexity index is 577. The minimum Gasteiger partial charge on any atom is -0.157 e. The maximum Gasteiger partial charge on any atom is 0.0927 e. The van der Waals surface area contributed by atoms with Crippen LogP contribution in [0.3, 0.4) is 0 Å². The molecule has 0 saturated carbocycles. The second-order valence-electron chi connectivity index (χ2n) is 5.74. The topological polar surface area (TPSA) is 0 Å². The van der Waals surface area contributed by atoms with Crippen molar-refractivity contribution in [2.24, 2.45) is 0 Å².